The van der Waals surface area contributed by atoms with Crippen LogP contribution in [-0.2, 0) is 16.1 Å². The van der Waals surface area contributed by atoms with Gasteiger partial charge in [-0.1, -0.05) is 30.3 Å². The number of rotatable bonds is 5. The summed E-state index contributed by atoms with van der Waals surface area (Å²) in [4.78, 5) is 12.2. The summed E-state index contributed by atoms with van der Waals surface area (Å²) in [6, 6.07) is 13.1. The molecule has 0 aliphatic heterocycles. The van der Waals surface area contributed by atoms with Crippen LogP contribution in [0.15, 0.2) is 48.5 Å². The van der Waals surface area contributed by atoms with Gasteiger partial charge in [0.15, 0.2) is 6.61 Å². The average Bonchev–Trinajstić information content (AvgIpc) is 2.97. The van der Waals surface area contributed by atoms with Crippen LogP contribution in [0.2, 0.25) is 0 Å². The van der Waals surface area contributed by atoms with Crippen molar-refractivity contribution in [3.05, 3.63) is 54.3 Å². The molecular weight excluding hydrogens is 376 g/mol. The van der Waals surface area contributed by atoms with Gasteiger partial charge in [-0.25, -0.2) is 4.39 Å². The van der Waals surface area contributed by atoms with E-state index in [2.05, 4.69) is 9.84 Å². The summed E-state index contributed by atoms with van der Waals surface area (Å²) in [5.41, 5.74) is 0.514. The van der Waals surface area contributed by atoms with E-state index in [0.29, 0.717) is 16.8 Å². The van der Waals surface area contributed by atoms with Crippen molar-refractivity contribution >= 4 is 16.9 Å². The van der Waals surface area contributed by atoms with Gasteiger partial charge in [0.1, 0.15) is 11.5 Å². The molecule has 0 fully saturated rings. The third kappa shape index (κ3) is 4.32. The number of alkyl halides is 3. The summed E-state index contributed by atoms with van der Waals surface area (Å²) in [5.74, 6) is -1.39. The van der Waals surface area contributed by atoms with Gasteiger partial charge in [-0.15, -0.1) is 0 Å². The molecule has 0 N–H and O–H groups in total. The lowest BCUT2D eigenvalue weighted by Crippen LogP contribution is -2.34. The number of para-hydroxylation sites is 1. The van der Waals surface area contributed by atoms with E-state index >= 15 is 0 Å². The number of hydrogen-bond acceptors (Lipinski definition) is 3. The lowest BCUT2D eigenvalue weighted by atomic mass is 9.94. The second-order valence-electron chi connectivity index (χ2n) is 7.11. The maximum absolute atomic E-state index is 13.6. The van der Waals surface area contributed by atoms with Crippen LogP contribution < -0.4 is 0 Å². The number of hydrogen-bond donors (Lipinski definition) is 0. The van der Waals surface area contributed by atoms with E-state index in [4.69, 9.17) is 0 Å². The maximum atomic E-state index is 13.6. The van der Waals surface area contributed by atoms with Gasteiger partial charge in [-0.3, -0.25) is 9.48 Å². The van der Waals surface area contributed by atoms with Crippen LogP contribution in [0.25, 0.3) is 22.2 Å². The van der Waals surface area contributed by atoms with E-state index in [1.54, 1.807) is 30.3 Å². The average molecular weight is 394 g/mol. The molecule has 0 amide bonds. The zero-order chi connectivity index (χ0) is 20.5. The highest BCUT2D eigenvalue weighted by Gasteiger charge is 2.36. The maximum Gasteiger partial charge on any atom is 0.422 e. The molecule has 0 aliphatic rings. The molecule has 0 bridgehead atoms. The fourth-order valence-electron chi connectivity index (χ4n) is 2.88. The third-order valence-electron chi connectivity index (χ3n) is 4.22. The number of benzene rings is 2. The first-order valence-electron chi connectivity index (χ1n) is 8.52. The largest absolute Gasteiger partial charge is 0.456 e. The van der Waals surface area contributed by atoms with Gasteiger partial charge >= 0.3 is 12.1 Å². The Morgan fingerprint density at radius 3 is 2.50 bits per heavy atom. The van der Waals surface area contributed by atoms with Crippen LogP contribution in [0.3, 0.4) is 0 Å². The number of halogens is 4. The number of carbonyl (C=O) groups is 1. The molecule has 0 spiro atoms. The predicted molar refractivity (Wildman–Crippen MR) is 95.9 cm³/mol. The Labute approximate surface area is 158 Å². The molecule has 0 atom stereocenters. The highest BCUT2D eigenvalue weighted by atomic mass is 19.4. The number of esters is 1. The third-order valence-corrected chi connectivity index (χ3v) is 4.22. The van der Waals surface area contributed by atoms with Crippen LogP contribution in [0.5, 0.6) is 0 Å². The number of carbonyl (C=O) groups excluding carboxylic acids is 1. The summed E-state index contributed by atoms with van der Waals surface area (Å²) in [6.07, 6.45) is -4.59. The van der Waals surface area contributed by atoms with Crippen molar-refractivity contribution in [3.8, 4) is 11.3 Å². The molecule has 3 aromatic rings. The number of ether oxygens (including phenoxy) is 1. The van der Waals surface area contributed by atoms with Crippen molar-refractivity contribution in [2.75, 3.05) is 6.61 Å². The quantitative estimate of drug-likeness (QED) is 0.453. The zero-order valence-corrected chi connectivity index (χ0v) is 15.3. The topological polar surface area (TPSA) is 44.1 Å². The lowest BCUT2D eigenvalue weighted by molar-refractivity contribution is -0.193. The van der Waals surface area contributed by atoms with Crippen LogP contribution in [-0.4, -0.2) is 28.5 Å². The fraction of sp³-hybridized carbons (Fsp3) is 0.300. The van der Waals surface area contributed by atoms with Crippen LogP contribution in [0.1, 0.15) is 13.8 Å². The van der Waals surface area contributed by atoms with Crippen LogP contribution >= 0.6 is 0 Å². The molecule has 28 heavy (non-hydrogen) atoms. The second kappa shape index (κ2) is 7.26. The van der Waals surface area contributed by atoms with Crippen LogP contribution in [0, 0.1) is 11.2 Å². The molecule has 2 aromatic carbocycles. The van der Waals surface area contributed by atoms with Crippen molar-refractivity contribution in [1.82, 2.24) is 9.78 Å². The standard InChI is InChI=1S/C20H18F4N2O2/c1-19(2,18(27)28-12-20(22,23)24)11-26-16-9-4-3-8-15(16)17(25-26)13-6-5-7-14(21)10-13/h3-10H,11-12H2,1-2H3. The summed E-state index contributed by atoms with van der Waals surface area (Å²) in [6.45, 7) is 1.34. The van der Waals surface area contributed by atoms with Gasteiger partial charge in [-0.05, 0) is 32.0 Å². The first-order chi connectivity index (χ1) is 13.1. The van der Waals surface area contributed by atoms with Gasteiger partial charge in [0.2, 0.25) is 0 Å². The molecular formula is C20H18F4N2O2. The minimum Gasteiger partial charge on any atom is -0.456 e. The minimum absolute atomic E-state index is 0.000477. The Hall–Kier alpha value is -2.90. The van der Waals surface area contributed by atoms with Crippen molar-refractivity contribution < 1.29 is 27.1 Å². The van der Waals surface area contributed by atoms with E-state index in [1.165, 1.54) is 30.7 Å². The number of fused-ring (bicyclic) bond motifs is 1. The predicted octanol–water partition coefficient (Wildman–Crippen LogP) is 4.97. The molecule has 8 heteroatoms. The molecule has 1 heterocycles. The monoisotopic (exact) mass is 394 g/mol. The smallest absolute Gasteiger partial charge is 0.422 e. The van der Waals surface area contributed by atoms with E-state index in [1.807, 2.05) is 6.07 Å². The zero-order valence-electron chi connectivity index (χ0n) is 15.3. The Bertz CT molecular complexity index is 1010. The van der Waals surface area contributed by atoms with Crippen molar-refractivity contribution in [1.29, 1.82) is 0 Å². The van der Waals surface area contributed by atoms with Crippen LogP contribution in [0.4, 0.5) is 17.6 Å². The number of nitrogens with zero attached hydrogens (tertiary/aromatic N) is 2. The first kappa shape index (κ1) is 19.9. The molecule has 0 saturated heterocycles. The molecule has 1 aromatic heterocycles. The van der Waals surface area contributed by atoms with Gasteiger partial charge in [0.25, 0.3) is 0 Å². The highest BCUT2D eigenvalue weighted by Crippen LogP contribution is 2.31. The Kier molecular flexibility index (Phi) is 5.14. The van der Waals surface area contributed by atoms with Gasteiger partial charge < -0.3 is 4.74 Å². The fourth-order valence-corrected chi connectivity index (χ4v) is 2.88. The summed E-state index contributed by atoms with van der Waals surface area (Å²) < 4.78 is 56.6. The van der Waals surface area contributed by atoms with E-state index in [9.17, 15) is 22.4 Å². The van der Waals surface area contributed by atoms with E-state index in [0.717, 1.165) is 5.39 Å². The van der Waals surface area contributed by atoms with Crippen molar-refractivity contribution in [2.24, 2.45) is 5.41 Å². The Balaban J connectivity index is 1.94. The Morgan fingerprint density at radius 2 is 1.82 bits per heavy atom. The number of aromatic nitrogens is 2. The van der Waals surface area contributed by atoms with E-state index < -0.39 is 30.0 Å². The molecule has 0 radical (unpaired) electrons. The van der Waals surface area contributed by atoms with Gasteiger partial charge in [0, 0.05) is 10.9 Å². The highest BCUT2D eigenvalue weighted by molar-refractivity contribution is 5.93. The van der Waals surface area contributed by atoms with Crippen molar-refractivity contribution in [3.63, 3.8) is 0 Å². The molecule has 0 unspecified atom stereocenters. The summed E-state index contributed by atoms with van der Waals surface area (Å²) in [5, 5.41) is 5.24. The minimum atomic E-state index is -4.59. The normalized spacial score (nSPS) is 12.4. The Morgan fingerprint density at radius 1 is 1.11 bits per heavy atom. The molecule has 148 valence electrons. The van der Waals surface area contributed by atoms with E-state index in [-0.39, 0.29) is 6.54 Å². The van der Waals surface area contributed by atoms with Crippen molar-refractivity contribution in [2.45, 2.75) is 26.6 Å². The van der Waals surface area contributed by atoms with Gasteiger partial charge in [-0.2, -0.15) is 18.3 Å². The summed E-state index contributed by atoms with van der Waals surface area (Å²) >= 11 is 0. The first-order valence-corrected chi connectivity index (χ1v) is 8.52. The SMILES string of the molecule is CC(C)(Cn1nc(-c2cccc(F)c2)c2ccccc21)C(=O)OCC(F)(F)F. The molecule has 4 nitrogen and oxygen atoms in total. The summed E-state index contributed by atoms with van der Waals surface area (Å²) in [7, 11) is 0. The molecule has 0 saturated carbocycles. The van der Waals surface area contributed by atoms with Gasteiger partial charge in [0.05, 0.1) is 17.5 Å². The second-order valence-corrected chi connectivity index (χ2v) is 7.11. The lowest BCUT2D eigenvalue weighted by Gasteiger charge is -2.23. The molecule has 3 rings (SSSR count). The molecule has 0 aliphatic carbocycles.